The van der Waals surface area contributed by atoms with Crippen LogP contribution in [0.3, 0.4) is 0 Å². The Morgan fingerprint density at radius 3 is 2.68 bits per heavy atom. The predicted octanol–water partition coefficient (Wildman–Crippen LogP) is 4.95. The van der Waals surface area contributed by atoms with E-state index in [4.69, 9.17) is 21.3 Å². The van der Waals surface area contributed by atoms with E-state index in [1.54, 1.807) is 18.9 Å². The molecule has 2 aromatic carbocycles. The average molecular weight is 454 g/mol. The highest BCUT2D eigenvalue weighted by Crippen LogP contribution is 2.26. The van der Waals surface area contributed by atoms with Crippen molar-refractivity contribution in [3.8, 4) is 5.75 Å². The highest BCUT2D eigenvalue weighted by atomic mass is 35.5. The number of hydrogen-bond donors (Lipinski definition) is 0. The van der Waals surface area contributed by atoms with Crippen LogP contribution in [0.25, 0.3) is 10.9 Å². The topological polar surface area (TPSA) is 56.1 Å². The highest BCUT2D eigenvalue weighted by Gasteiger charge is 2.13. The van der Waals surface area contributed by atoms with Crippen molar-refractivity contribution in [2.75, 3.05) is 14.2 Å². The summed E-state index contributed by atoms with van der Waals surface area (Å²) < 4.78 is 7.49. The molecule has 31 heavy (non-hydrogen) atoms. The van der Waals surface area contributed by atoms with Gasteiger partial charge in [0.05, 0.1) is 19.3 Å². The van der Waals surface area contributed by atoms with Crippen LogP contribution < -0.4 is 4.74 Å². The summed E-state index contributed by atoms with van der Waals surface area (Å²) in [6, 6.07) is 18.0. The van der Waals surface area contributed by atoms with Gasteiger partial charge in [-0.3, -0.25) is 4.90 Å². The Hall–Kier alpha value is -2.61. The van der Waals surface area contributed by atoms with Crippen molar-refractivity contribution >= 4 is 34.3 Å². The molecule has 2 heterocycles. The first-order chi connectivity index (χ1) is 15.0. The molecule has 8 heteroatoms. The first kappa shape index (κ1) is 21.6. The van der Waals surface area contributed by atoms with Gasteiger partial charge in [-0.25, -0.2) is 4.98 Å². The molecule has 160 valence electrons. The Balaban J connectivity index is 1.41. The number of ether oxygens (including phenoxy) is 1. The molecule has 0 unspecified atom stereocenters. The van der Waals surface area contributed by atoms with E-state index in [2.05, 4.69) is 34.3 Å². The quantitative estimate of drug-likeness (QED) is 0.352. The molecule has 0 aliphatic heterocycles. The third kappa shape index (κ3) is 5.01. The van der Waals surface area contributed by atoms with E-state index in [0.29, 0.717) is 13.1 Å². The van der Waals surface area contributed by atoms with Gasteiger partial charge >= 0.3 is 0 Å². The van der Waals surface area contributed by atoms with Gasteiger partial charge in [0, 0.05) is 29.8 Å². The summed E-state index contributed by atoms with van der Waals surface area (Å²) in [6.45, 7) is 1.37. The van der Waals surface area contributed by atoms with Crippen LogP contribution in [0.2, 0.25) is 5.02 Å². The van der Waals surface area contributed by atoms with Crippen LogP contribution >= 0.6 is 23.4 Å². The fraction of sp³-hybridized carbons (Fsp3) is 0.261. The fourth-order valence-electron chi connectivity index (χ4n) is 3.35. The lowest BCUT2D eigenvalue weighted by Crippen LogP contribution is -2.20. The van der Waals surface area contributed by atoms with Crippen molar-refractivity contribution in [2.24, 2.45) is 7.05 Å². The second-order valence-corrected chi connectivity index (χ2v) is 8.69. The molecule has 0 aliphatic rings. The Morgan fingerprint density at radius 1 is 1.03 bits per heavy atom. The number of rotatable bonds is 8. The Kier molecular flexibility index (Phi) is 6.75. The number of para-hydroxylation sites is 1. The van der Waals surface area contributed by atoms with Crippen LogP contribution in [0, 0.1) is 0 Å². The van der Waals surface area contributed by atoms with Crippen molar-refractivity contribution in [2.45, 2.75) is 24.0 Å². The maximum atomic E-state index is 6.26. The van der Waals surface area contributed by atoms with Gasteiger partial charge in [0.1, 0.15) is 17.1 Å². The van der Waals surface area contributed by atoms with Gasteiger partial charge in [0.15, 0.2) is 5.16 Å². The van der Waals surface area contributed by atoms with Gasteiger partial charge in [-0.1, -0.05) is 59.8 Å². The van der Waals surface area contributed by atoms with Crippen LogP contribution in [0.15, 0.2) is 59.8 Å². The van der Waals surface area contributed by atoms with Crippen LogP contribution in [-0.2, 0) is 25.9 Å². The monoisotopic (exact) mass is 453 g/mol. The molecule has 0 bridgehead atoms. The Bertz CT molecular complexity index is 1200. The zero-order valence-corrected chi connectivity index (χ0v) is 19.3. The van der Waals surface area contributed by atoms with Gasteiger partial charge in [0.2, 0.25) is 0 Å². The molecule has 0 spiro atoms. The lowest BCUT2D eigenvalue weighted by atomic mass is 10.2. The molecule has 2 aromatic heterocycles. The normalized spacial score (nSPS) is 11.4. The minimum Gasteiger partial charge on any atom is -0.494 e. The van der Waals surface area contributed by atoms with E-state index >= 15 is 0 Å². The van der Waals surface area contributed by atoms with Crippen LogP contribution in [0.5, 0.6) is 5.75 Å². The molecule has 0 atom stereocenters. The summed E-state index contributed by atoms with van der Waals surface area (Å²) in [6.07, 6.45) is 0. The fourth-order valence-corrected chi connectivity index (χ4v) is 4.57. The molecule has 0 fully saturated rings. The van der Waals surface area contributed by atoms with Crippen LogP contribution in [0.1, 0.15) is 17.1 Å². The minimum atomic E-state index is 0.668. The maximum Gasteiger partial charge on any atom is 0.191 e. The van der Waals surface area contributed by atoms with E-state index in [1.165, 1.54) is 0 Å². The summed E-state index contributed by atoms with van der Waals surface area (Å²) in [5, 5.41) is 11.5. The first-order valence-corrected chi connectivity index (χ1v) is 11.3. The third-order valence-electron chi connectivity index (χ3n) is 5.04. The summed E-state index contributed by atoms with van der Waals surface area (Å²) >= 11 is 7.89. The number of aromatic nitrogens is 4. The molecule has 6 nitrogen and oxygen atoms in total. The number of fused-ring (bicyclic) bond motifs is 1. The molecule has 4 aromatic rings. The predicted molar refractivity (Wildman–Crippen MR) is 125 cm³/mol. The van der Waals surface area contributed by atoms with E-state index in [-0.39, 0.29) is 0 Å². The number of thioether (sulfide) groups is 1. The van der Waals surface area contributed by atoms with Gasteiger partial charge in [-0.2, -0.15) is 0 Å². The van der Waals surface area contributed by atoms with Gasteiger partial charge in [-0.15, -0.1) is 10.2 Å². The smallest absolute Gasteiger partial charge is 0.191 e. The van der Waals surface area contributed by atoms with E-state index in [1.807, 2.05) is 54.1 Å². The van der Waals surface area contributed by atoms with Gasteiger partial charge in [0.25, 0.3) is 0 Å². The van der Waals surface area contributed by atoms with Crippen molar-refractivity contribution in [1.29, 1.82) is 0 Å². The molecular formula is C23H24ClN5OS. The molecule has 0 saturated heterocycles. The SMILES string of the molecule is COc1cccc2ccc(CN(C)Cc3nnc(SCc4ccccc4Cl)n3C)nc12. The first-order valence-electron chi connectivity index (χ1n) is 9.91. The minimum absolute atomic E-state index is 0.668. The molecule has 0 saturated carbocycles. The molecule has 0 N–H and O–H groups in total. The van der Waals surface area contributed by atoms with Gasteiger partial charge < -0.3 is 9.30 Å². The summed E-state index contributed by atoms with van der Waals surface area (Å²) in [5.41, 5.74) is 2.96. The van der Waals surface area contributed by atoms with E-state index in [0.717, 1.165) is 49.7 Å². The highest BCUT2D eigenvalue weighted by molar-refractivity contribution is 7.98. The van der Waals surface area contributed by atoms with E-state index in [9.17, 15) is 0 Å². The zero-order chi connectivity index (χ0) is 21.8. The Morgan fingerprint density at radius 2 is 1.87 bits per heavy atom. The lowest BCUT2D eigenvalue weighted by molar-refractivity contribution is 0.302. The van der Waals surface area contributed by atoms with Crippen LogP contribution in [-0.4, -0.2) is 38.8 Å². The number of pyridine rings is 1. The number of benzene rings is 2. The molecule has 0 amide bonds. The van der Waals surface area contributed by atoms with Crippen molar-refractivity contribution in [3.05, 3.63) is 76.7 Å². The molecule has 0 radical (unpaired) electrons. The zero-order valence-electron chi connectivity index (χ0n) is 17.7. The molecule has 0 aliphatic carbocycles. The number of methoxy groups -OCH3 is 1. The maximum absolute atomic E-state index is 6.26. The van der Waals surface area contributed by atoms with Crippen LogP contribution in [0.4, 0.5) is 0 Å². The van der Waals surface area contributed by atoms with E-state index < -0.39 is 0 Å². The van der Waals surface area contributed by atoms with Gasteiger partial charge in [-0.05, 0) is 30.8 Å². The van der Waals surface area contributed by atoms with Crippen molar-refractivity contribution < 1.29 is 4.74 Å². The summed E-state index contributed by atoms with van der Waals surface area (Å²) in [4.78, 5) is 6.98. The summed E-state index contributed by atoms with van der Waals surface area (Å²) in [5.74, 6) is 2.45. The standard InChI is InChI=1S/C23H24ClN5OS/c1-28(13-18-12-11-16-8-6-10-20(30-3)22(16)25-18)14-21-26-27-23(29(21)2)31-15-17-7-4-5-9-19(17)24/h4-12H,13-15H2,1-3H3. The number of nitrogens with zero attached hydrogens (tertiary/aromatic N) is 5. The lowest BCUT2D eigenvalue weighted by Gasteiger charge is -2.16. The van der Waals surface area contributed by atoms with Crippen molar-refractivity contribution in [1.82, 2.24) is 24.6 Å². The second kappa shape index (κ2) is 9.68. The number of hydrogen-bond acceptors (Lipinski definition) is 6. The second-order valence-electron chi connectivity index (χ2n) is 7.34. The Labute approximate surface area is 191 Å². The molecule has 4 rings (SSSR count). The molecular weight excluding hydrogens is 430 g/mol. The third-order valence-corrected chi connectivity index (χ3v) is 6.48. The average Bonchev–Trinajstić information content (AvgIpc) is 3.11. The summed E-state index contributed by atoms with van der Waals surface area (Å²) in [7, 11) is 5.72. The largest absolute Gasteiger partial charge is 0.494 e. The number of halogens is 1. The van der Waals surface area contributed by atoms with Crippen molar-refractivity contribution in [3.63, 3.8) is 0 Å².